The van der Waals surface area contributed by atoms with Gasteiger partial charge in [0.25, 0.3) is 0 Å². The third kappa shape index (κ3) is 8.47. The highest BCUT2D eigenvalue weighted by atomic mass is 16.5. The monoisotopic (exact) mass is 380 g/mol. The number of likely N-dealkylation sites (tertiary alicyclic amines) is 1. The summed E-state index contributed by atoms with van der Waals surface area (Å²) in [5, 5.41) is 13.7. The van der Waals surface area contributed by atoms with Gasteiger partial charge < -0.3 is 29.5 Å². The minimum absolute atomic E-state index is 0.271. The molecule has 27 heavy (non-hydrogen) atoms. The molecular formula is C21H36N2O4. The molecule has 0 spiro atoms. The third-order valence-electron chi connectivity index (χ3n) is 4.89. The van der Waals surface area contributed by atoms with Crippen molar-refractivity contribution in [3.63, 3.8) is 0 Å². The summed E-state index contributed by atoms with van der Waals surface area (Å²) in [6.45, 7) is 5.30. The van der Waals surface area contributed by atoms with Gasteiger partial charge in [0.2, 0.25) is 0 Å². The number of benzene rings is 1. The van der Waals surface area contributed by atoms with Crippen LogP contribution in [0.2, 0.25) is 0 Å². The SMILES string of the molecule is COCCNCc1ccc(OC)c(OC[C@H](O)CN2CCCCCCC2)c1. The molecule has 1 saturated heterocycles. The lowest BCUT2D eigenvalue weighted by molar-refractivity contribution is 0.0644. The van der Waals surface area contributed by atoms with Gasteiger partial charge in [0, 0.05) is 26.7 Å². The first-order valence-corrected chi connectivity index (χ1v) is 10.1. The summed E-state index contributed by atoms with van der Waals surface area (Å²) in [6.07, 6.45) is 5.88. The molecule has 1 aromatic carbocycles. The summed E-state index contributed by atoms with van der Waals surface area (Å²) >= 11 is 0. The summed E-state index contributed by atoms with van der Waals surface area (Å²) in [6, 6.07) is 5.90. The van der Waals surface area contributed by atoms with E-state index in [1.807, 2.05) is 18.2 Å². The van der Waals surface area contributed by atoms with Crippen LogP contribution in [0.3, 0.4) is 0 Å². The quantitative estimate of drug-likeness (QED) is 0.575. The Labute approximate surface area is 163 Å². The van der Waals surface area contributed by atoms with E-state index in [4.69, 9.17) is 14.2 Å². The molecule has 154 valence electrons. The maximum Gasteiger partial charge on any atom is 0.161 e. The van der Waals surface area contributed by atoms with Gasteiger partial charge in [-0.3, -0.25) is 0 Å². The van der Waals surface area contributed by atoms with Crippen LogP contribution in [0.1, 0.15) is 37.7 Å². The van der Waals surface area contributed by atoms with E-state index in [1.165, 1.54) is 32.1 Å². The molecule has 0 aliphatic carbocycles. The summed E-state index contributed by atoms with van der Waals surface area (Å²) in [5.74, 6) is 1.37. The highest BCUT2D eigenvalue weighted by Gasteiger charge is 2.15. The van der Waals surface area contributed by atoms with Crippen LogP contribution >= 0.6 is 0 Å². The predicted molar refractivity (Wildman–Crippen MR) is 108 cm³/mol. The number of nitrogens with zero attached hydrogens (tertiary/aromatic N) is 1. The van der Waals surface area contributed by atoms with Gasteiger partial charge in [-0.1, -0.05) is 25.3 Å². The topological polar surface area (TPSA) is 63.2 Å². The molecule has 0 unspecified atom stereocenters. The zero-order chi connectivity index (χ0) is 19.3. The van der Waals surface area contributed by atoms with E-state index in [0.29, 0.717) is 24.7 Å². The number of methoxy groups -OCH3 is 2. The molecule has 1 atom stereocenters. The number of rotatable bonds is 11. The Kier molecular flexibility index (Phi) is 10.5. The summed E-state index contributed by atoms with van der Waals surface area (Å²) < 4.78 is 16.3. The van der Waals surface area contributed by atoms with E-state index in [0.717, 1.165) is 31.7 Å². The van der Waals surface area contributed by atoms with E-state index < -0.39 is 6.10 Å². The smallest absolute Gasteiger partial charge is 0.161 e. The molecule has 0 aromatic heterocycles. The van der Waals surface area contributed by atoms with Gasteiger partial charge in [0.15, 0.2) is 11.5 Å². The number of β-amino-alcohol motifs (C(OH)–C–C–N with tert-alkyl or cyclic N) is 1. The Balaban J connectivity index is 1.82. The van der Waals surface area contributed by atoms with Crippen LogP contribution < -0.4 is 14.8 Å². The van der Waals surface area contributed by atoms with Gasteiger partial charge in [0.05, 0.1) is 13.7 Å². The second-order valence-corrected chi connectivity index (χ2v) is 7.19. The van der Waals surface area contributed by atoms with Gasteiger partial charge >= 0.3 is 0 Å². The Morgan fingerprint density at radius 3 is 2.52 bits per heavy atom. The first kappa shape index (κ1) is 22.0. The van der Waals surface area contributed by atoms with Crippen molar-refractivity contribution >= 4 is 0 Å². The fourth-order valence-corrected chi connectivity index (χ4v) is 3.38. The van der Waals surface area contributed by atoms with E-state index in [9.17, 15) is 5.11 Å². The van der Waals surface area contributed by atoms with Crippen molar-refractivity contribution in [1.29, 1.82) is 0 Å². The summed E-state index contributed by atoms with van der Waals surface area (Å²) in [7, 11) is 3.33. The largest absolute Gasteiger partial charge is 0.493 e. The zero-order valence-corrected chi connectivity index (χ0v) is 16.9. The van der Waals surface area contributed by atoms with Gasteiger partial charge in [-0.25, -0.2) is 0 Å². The van der Waals surface area contributed by atoms with Crippen molar-refractivity contribution in [3.8, 4) is 11.5 Å². The lowest BCUT2D eigenvalue weighted by atomic mass is 10.1. The summed E-state index contributed by atoms with van der Waals surface area (Å²) in [5.41, 5.74) is 1.11. The molecule has 1 aliphatic heterocycles. The van der Waals surface area contributed by atoms with Crippen LogP contribution in [0.5, 0.6) is 11.5 Å². The highest BCUT2D eigenvalue weighted by molar-refractivity contribution is 5.43. The number of hydrogen-bond donors (Lipinski definition) is 2. The molecule has 6 heteroatoms. The Morgan fingerprint density at radius 1 is 1.07 bits per heavy atom. The van der Waals surface area contributed by atoms with Crippen molar-refractivity contribution < 1.29 is 19.3 Å². The molecule has 6 nitrogen and oxygen atoms in total. The van der Waals surface area contributed by atoms with Crippen LogP contribution in [0.25, 0.3) is 0 Å². The van der Waals surface area contributed by atoms with Crippen molar-refractivity contribution in [2.75, 3.05) is 53.6 Å². The lowest BCUT2D eigenvalue weighted by Gasteiger charge is -2.26. The second kappa shape index (κ2) is 12.9. The van der Waals surface area contributed by atoms with E-state index in [-0.39, 0.29) is 6.61 Å². The number of hydrogen-bond acceptors (Lipinski definition) is 6. The molecule has 0 bridgehead atoms. The van der Waals surface area contributed by atoms with Crippen molar-refractivity contribution in [2.24, 2.45) is 0 Å². The molecule has 1 aliphatic rings. The minimum Gasteiger partial charge on any atom is -0.493 e. The molecule has 1 fully saturated rings. The molecular weight excluding hydrogens is 344 g/mol. The molecule has 1 aromatic rings. The molecule has 0 amide bonds. The van der Waals surface area contributed by atoms with Gasteiger partial charge in [-0.05, 0) is 43.6 Å². The highest BCUT2D eigenvalue weighted by Crippen LogP contribution is 2.28. The second-order valence-electron chi connectivity index (χ2n) is 7.19. The predicted octanol–water partition coefficient (Wildman–Crippen LogP) is 2.44. The van der Waals surface area contributed by atoms with Crippen LogP contribution in [0.15, 0.2) is 18.2 Å². The van der Waals surface area contributed by atoms with Crippen LogP contribution in [-0.2, 0) is 11.3 Å². The Hall–Kier alpha value is -1.34. The summed E-state index contributed by atoms with van der Waals surface area (Å²) in [4.78, 5) is 2.36. The molecule has 2 N–H and O–H groups in total. The maximum absolute atomic E-state index is 10.4. The minimum atomic E-state index is -0.502. The molecule has 0 radical (unpaired) electrons. The van der Waals surface area contributed by atoms with Crippen molar-refractivity contribution in [3.05, 3.63) is 23.8 Å². The van der Waals surface area contributed by atoms with Gasteiger partial charge in [-0.2, -0.15) is 0 Å². The molecule has 1 heterocycles. The normalized spacial score (nSPS) is 17.1. The third-order valence-corrected chi connectivity index (χ3v) is 4.89. The van der Waals surface area contributed by atoms with Crippen molar-refractivity contribution in [2.45, 2.75) is 44.8 Å². The fraction of sp³-hybridized carbons (Fsp3) is 0.714. The molecule has 2 rings (SSSR count). The number of ether oxygens (including phenoxy) is 3. The van der Waals surface area contributed by atoms with E-state index >= 15 is 0 Å². The Morgan fingerprint density at radius 2 is 1.81 bits per heavy atom. The first-order valence-electron chi connectivity index (χ1n) is 10.1. The maximum atomic E-state index is 10.4. The van der Waals surface area contributed by atoms with Crippen LogP contribution in [0, 0.1) is 0 Å². The van der Waals surface area contributed by atoms with Crippen LogP contribution in [0.4, 0.5) is 0 Å². The molecule has 0 saturated carbocycles. The lowest BCUT2D eigenvalue weighted by Crippen LogP contribution is -2.37. The van der Waals surface area contributed by atoms with Crippen LogP contribution in [-0.4, -0.2) is 69.7 Å². The number of nitrogens with one attached hydrogen (secondary N) is 1. The number of aliphatic hydroxyl groups is 1. The van der Waals surface area contributed by atoms with Gasteiger partial charge in [-0.15, -0.1) is 0 Å². The van der Waals surface area contributed by atoms with E-state index in [1.54, 1.807) is 14.2 Å². The van der Waals surface area contributed by atoms with E-state index in [2.05, 4.69) is 10.2 Å². The fourth-order valence-electron chi connectivity index (χ4n) is 3.38. The average Bonchev–Trinajstić information content (AvgIpc) is 2.65. The first-order chi connectivity index (χ1) is 13.2. The Bertz CT molecular complexity index is 519. The average molecular weight is 381 g/mol. The van der Waals surface area contributed by atoms with Crippen molar-refractivity contribution in [1.82, 2.24) is 10.2 Å². The number of aliphatic hydroxyl groups excluding tert-OH is 1. The zero-order valence-electron chi connectivity index (χ0n) is 16.9. The van der Waals surface area contributed by atoms with Gasteiger partial charge in [0.1, 0.15) is 12.7 Å². The standard InChI is InChI=1S/C21H36N2O4/c1-25-13-10-22-15-18-8-9-20(26-2)21(14-18)27-17-19(24)16-23-11-6-4-3-5-7-12-23/h8-9,14,19,22,24H,3-7,10-13,15-17H2,1-2H3/t19-/m1/s1.